The van der Waals surface area contributed by atoms with Crippen LogP contribution in [0.5, 0.6) is 0 Å². The molecule has 0 aliphatic carbocycles. The second-order valence-electron chi connectivity index (χ2n) is 8.40. The Kier molecular flexibility index (Phi) is 8.30. The molecule has 0 saturated carbocycles. The number of esters is 1. The molecular formula is C26H29ClN4O4. The SMILES string of the molecule is C=C(c1ccccc1)[C@@H]1N(C)C(=O)[C@H](C(C)C)N1C(=O)c1ccccc1N/N=C(\Cl)C(=O)OCC. The van der Waals surface area contributed by atoms with Crippen LogP contribution in [0.3, 0.4) is 0 Å². The van der Waals surface area contributed by atoms with Gasteiger partial charge in [0.05, 0.1) is 17.9 Å². The van der Waals surface area contributed by atoms with Crippen LogP contribution in [0.1, 0.15) is 36.7 Å². The van der Waals surface area contributed by atoms with E-state index in [9.17, 15) is 14.4 Å². The van der Waals surface area contributed by atoms with Gasteiger partial charge in [-0.25, -0.2) is 4.79 Å². The van der Waals surface area contributed by atoms with Crippen LogP contribution in [-0.2, 0) is 14.3 Å². The summed E-state index contributed by atoms with van der Waals surface area (Å²) in [5.41, 5.74) is 4.74. The van der Waals surface area contributed by atoms with Crippen LogP contribution in [0, 0.1) is 5.92 Å². The molecule has 8 nitrogen and oxygen atoms in total. The van der Waals surface area contributed by atoms with Gasteiger partial charge in [-0.1, -0.05) is 74.5 Å². The Balaban J connectivity index is 2.02. The molecule has 1 N–H and O–H groups in total. The average Bonchev–Trinajstić information content (AvgIpc) is 3.13. The Hall–Kier alpha value is -3.65. The summed E-state index contributed by atoms with van der Waals surface area (Å²) in [6.45, 7) is 9.85. The van der Waals surface area contributed by atoms with E-state index in [-0.39, 0.29) is 29.9 Å². The predicted molar refractivity (Wildman–Crippen MR) is 137 cm³/mol. The number of hydrazone groups is 1. The fraction of sp³-hybridized carbons (Fsp3) is 0.308. The number of anilines is 1. The minimum atomic E-state index is -0.781. The number of amides is 2. The van der Waals surface area contributed by atoms with Crippen molar-refractivity contribution in [3.63, 3.8) is 0 Å². The van der Waals surface area contributed by atoms with Crippen molar-refractivity contribution < 1.29 is 19.1 Å². The van der Waals surface area contributed by atoms with Crippen LogP contribution < -0.4 is 5.43 Å². The quantitative estimate of drug-likeness (QED) is 0.336. The molecule has 1 heterocycles. The van der Waals surface area contributed by atoms with Gasteiger partial charge in [-0.3, -0.25) is 15.0 Å². The lowest BCUT2D eigenvalue weighted by Gasteiger charge is -2.33. The molecule has 0 unspecified atom stereocenters. The molecule has 2 atom stereocenters. The highest BCUT2D eigenvalue weighted by atomic mass is 35.5. The molecule has 0 spiro atoms. The normalized spacial score (nSPS) is 18.1. The van der Waals surface area contributed by atoms with Crippen LogP contribution in [-0.4, -0.2) is 58.6 Å². The van der Waals surface area contributed by atoms with Crippen LogP contribution in [0.4, 0.5) is 5.69 Å². The first-order valence-electron chi connectivity index (χ1n) is 11.3. The molecule has 1 fully saturated rings. The minimum Gasteiger partial charge on any atom is -0.461 e. The number of hydrogen-bond donors (Lipinski definition) is 1. The van der Waals surface area contributed by atoms with Crippen molar-refractivity contribution in [2.45, 2.75) is 33.0 Å². The number of para-hydroxylation sites is 1. The van der Waals surface area contributed by atoms with Crippen LogP contribution in [0.25, 0.3) is 5.57 Å². The highest BCUT2D eigenvalue weighted by molar-refractivity contribution is 6.82. The van der Waals surface area contributed by atoms with Crippen molar-refractivity contribution in [3.05, 3.63) is 72.3 Å². The molecule has 2 aromatic rings. The van der Waals surface area contributed by atoms with Gasteiger partial charge in [0.2, 0.25) is 11.1 Å². The third-order valence-corrected chi connectivity index (χ3v) is 5.97. The molecule has 2 aromatic carbocycles. The Morgan fingerprint density at radius 2 is 1.77 bits per heavy atom. The third kappa shape index (κ3) is 5.38. The zero-order valence-electron chi connectivity index (χ0n) is 20.2. The summed E-state index contributed by atoms with van der Waals surface area (Å²) in [6.07, 6.45) is -0.676. The van der Waals surface area contributed by atoms with Crippen LogP contribution in [0.2, 0.25) is 0 Å². The Bertz CT molecular complexity index is 1150. The lowest BCUT2D eigenvalue weighted by molar-refractivity contribution is -0.134. The molecule has 1 aliphatic rings. The highest BCUT2D eigenvalue weighted by Gasteiger charge is 2.49. The fourth-order valence-corrected chi connectivity index (χ4v) is 4.18. The highest BCUT2D eigenvalue weighted by Crippen LogP contribution is 2.35. The summed E-state index contributed by atoms with van der Waals surface area (Å²) in [5, 5.41) is 3.46. The van der Waals surface area contributed by atoms with Gasteiger partial charge in [-0.05, 0) is 36.1 Å². The van der Waals surface area contributed by atoms with E-state index in [1.807, 2.05) is 44.2 Å². The van der Waals surface area contributed by atoms with E-state index >= 15 is 0 Å². The predicted octanol–water partition coefficient (Wildman–Crippen LogP) is 4.19. The van der Waals surface area contributed by atoms with Crippen molar-refractivity contribution in [3.8, 4) is 0 Å². The monoisotopic (exact) mass is 496 g/mol. The Morgan fingerprint density at radius 1 is 1.14 bits per heavy atom. The van der Waals surface area contributed by atoms with Crippen LogP contribution >= 0.6 is 11.6 Å². The minimum absolute atomic E-state index is 0.140. The van der Waals surface area contributed by atoms with E-state index in [2.05, 4.69) is 17.1 Å². The molecule has 1 aliphatic heterocycles. The number of ether oxygens (including phenoxy) is 1. The van der Waals surface area contributed by atoms with E-state index in [1.165, 1.54) is 0 Å². The van der Waals surface area contributed by atoms with E-state index < -0.39 is 23.3 Å². The molecule has 35 heavy (non-hydrogen) atoms. The number of nitrogens with zero attached hydrogens (tertiary/aromatic N) is 3. The summed E-state index contributed by atoms with van der Waals surface area (Å²) in [7, 11) is 1.68. The Labute approximate surface area is 210 Å². The molecule has 1 saturated heterocycles. The van der Waals surface area contributed by atoms with Gasteiger partial charge in [0, 0.05) is 7.05 Å². The molecule has 2 amide bonds. The fourth-order valence-electron chi connectivity index (χ4n) is 4.09. The number of carbonyl (C=O) groups is 3. The molecular weight excluding hydrogens is 468 g/mol. The first-order chi connectivity index (χ1) is 16.7. The number of nitrogens with one attached hydrogen (secondary N) is 1. The summed E-state index contributed by atoms with van der Waals surface area (Å²) in [6, 6.07) is 15.5. The number of benzene rings is 2. The molecule has 9 heteroatoms. The molecule has 0 aromatic heterocycles. The lowest BCUT2D eigenvalue weighted by atomic mass is 9.99. The van der Waals surface area contributed by atoms with Crippen molar-refractivity contribution in [1.82, 2.24) is 9.80 Å². The number of halogens is 1. The Morgan fingerprint density at radius 3 is 2.40 bits per heavy atom. The largest absolute Gasteiger partial charge is 0.461 e. The van der Waals surface area contributed by atoms with Gasteiger partial charge in [0.1, 0.15) is 12.2 Å². The molecule has 184 valence electrons. The van der Waals surface area contributed by atoms with E-state index in [1.54, 1.807) is 48.0 Å². The summed E-state index contributed by atoms with van der Waals surface area (Å²) >= 11 is 5.91. The van der Waals surface area contributed by atoms with Gasteiger partial charge in [-0.15, -0.1) is 0 Å². The van der Waals surface area contributed by atoms with Crippen molar-refractivity contribution >= 4 is 45.8 Å². The van der Waals surface area contributed by atoms with E-state index in [0.717, 1.165) is 5.56 Å². The first-order valence-corrected chi connectivity index (χ1v) is 11.7. The van der Waals surface area contributed by atoms with E-state index in [0.29, 0.717) is 11.3 Å². The lowest BCUT2D eigenvalue weighted by Crippen LogP contribution is -2.46. The van der Waals surface area contributed by atoms with Gasteiger partial charge in [-0.2, -0.15) is 5.10 Å². The van der Waals surface area contributed by atoms with Crippen molar-refractivity contribution in [1.29, 1.82) is 0 Å². The number of hydrogen-bond acceptors (Lipinski definition) is 6. The van der Waals surface area contributed by atoms with Gasteiger partial charge in [0.25, 0.3) is 5.91 Å². The summed E-state index contributed by atoms with van der Waals surface area (Å²) in [4.78, 5) is 42.2. The van der Waals surface area contributed by atoms with Gasteiger partial charge < -0.3 is 14.5 Å². The third-order valence-electron chi connectivity index (χ3n) is 5.73. The topological polar surface area (TPSA) is 91.3 Å². The van der Waals surface area contributed by atoms with Crippen LogP contribution in [0.15, 0.2) is 66.3 Å². The standard InChI is InChI=1S/C26H29ClN4O4/c1-6-35-26(34)22(27)29-28-20-15-11-10-14-19(20)24(32)31-21(16(2)3)25(33)30(5)23(31)17(4)18-12-8-7-9-13-18/h7-16,21,23,28H,4,6H2,1-3,5H3/b29-22-/t21-,23+/m0/s1. The van der Waals surface area contributed by atoms with Crippen molar-refractivity contribution in [2.75, 3.05) is 19.1 Å². The van der Waals surface area contributed by atoms with Crippen molar-refractivity contribution in [2.24, 2.45) is 11.0 Å². The number of rotatable bonds is 8. The molecule has 0 bridgehead atoms. The number of likely N-dealkylation sites (N-methyl/N-ethyl adjacent to an activating group) is 1. The smallest absolute Gasteiger partial charge is 0.370 e. The first kappa shape index (κ1) is 26.0. The maximum atomic E-state index is 14.0. The van der Waals surface area contributed by atoms with Gasteiger partial charge in [0.15, 0.2) is 0 Å². The second kappa shape index (κ2) is 11.2. The number of carbonyl (C=O) groups excluding carboxylic acids is 3. The maximum Gasteiger partial charge on any atom is 0.370 e. The average molecular weight is 497 g/mol. The molecule has 0 radical (unpaired) electrons. The molecule has 3 rings (SSSR count). The maximum absolute atomic E-state index is 14.0. The second-order valence-corrected chi connectivity index (χ2v) is 8.75. The van der Waals surface area contributed by atoms with E-state index in [4.69, 9.17) is 16.3 Å². The summed E-state index contributed by atoms with van der Waals surface area (Å²) in [5.74, 6) is -1.46. The summed E-state index contributed by atoms with van der Waals surface area (Å²) < 4.78 is 4.83. The zero-order valence-corrected chi connectivity index (χ0v) is 21.0. The van der Waals surface area contributed by atoms with Gasteiger partial charge >= 0.3 is 5.97 Å². The zero-order chi connectivity index (χ0) is 25.7.